The zero-order valence-corrected chi connectivity index (χ0v) is 6.01. The summed E-state index contributed by atoms with van der Waals surface area (Å²) in [6.45, 7) is 1.42. The van der Waals surface area contributed by atoms with Crippen molar-refractivity contribution in [2.24, 2.45) is 5.73 Å². The van der Waals surface area contributed by atoms with Gasteiger partial charge in [-0.15, -0.1) is 0 Å². The molecule has 0 heterocycles. The first kappa shape index (κ1) is 11.2. The molecule has 0 bridgehead atoms. The number of nitrogens with one attached hydrogen (secondary N) is 1. The fraction of sp³-hybridized carbons (Fsp3) is 0.800. The van der Waals surface area contributed by atoms with Crippen LogP contribution in [0.1, 0.15) is 6.92 Å². The lowest BCUT2D eigenvalue weighted by molar-refractivity contribution is -0.138. The molecule has 0 aliphatic carbocycles. The van der Waals surface area contributed by atoms with Gasteiger partial charge in [0.05, 0.1) is 0 Å². The molecule has 0 saturated heterocycles. The predicted molar refractivity (Wildman–Crippen MR) is 36.3 cm³/mol. The Morgan fingerprint density at radius 1 is 1.67 bits per heavy atom. The Morgan fingerprint density at radius 2 is 1.78 bits per heavy atom. The third-order valence-electron chi connectivity index (χ3n) is 0.390. The second kappa shape index (κ2) is 7.39. The number of nitrogens with two attached hydrogens (primary N) is 1. The van der Waals surface area contributed by atoms with Gasteiger partial charge >= 0.3 is 5.97 Å². The Labute approximate surface area is 55.1 Å². The lowest BCUT2D eigenvalue weighted by Gasteiger charge is -1.90. The lowest BCUT2D eigenvalue weighted by Crippen LogP contribution is -2.25. The molecule has 0 aromatic rings. The van der Waals surface area contributed by atoms with E-state index in [0.29, 0.717) is 0 Å². The summed E-state index contributed by atoms with van der Waals surface area (Å²) in [5, 5.41) is 10.6. The van der Waals surface area contributed by atoms with Gasteiger partial charge in [-0.2, -0.15) is 0 Å². The number of carboxylic acids is 1. The number of hydrogen-bond acceptors (Lipinski definition) is 3. The molecule has 0 radical (unpaired) electrons. The van der Waals surface area contributed by atoms with Crippen molar-refractivity contribution in [2.45, 2.75) is 13.0 Å². The smallest absolute Gasteiger partial charge is 0.320 e. The van der Waals surface area contributed by atoms with Crippen molar-refractivity contribution in [3.05, 3.63) is 0 Å². The first-order valence-corrected chi connectivity index (χ1v) is 2.63. The van der Waals surface area contributed by atoms with Crippen molar-refractivity contribution in [3.63, 3.8) is 0 Å². The molecule has 0 rings (SSSR count). The van der Waals surface area contributed by atoms with Crippen molar-refractivity contribution in [3.8, 4) is 0 Å². The molecule has 0 saturated carbocycles. The molecule has 0 aromatic carbocycles. The van der Waals surface area contributed by atoms with Crippen LogP contribution in [-0.2, 0) is 4.79 Å². The van der Waals surface area contributed by atoms with E-state index in [1.54, 1.807) is 0 Å². The van der Waals surface area contributed by atoms with E-state index in [9.17, 15) is 4.79 Å². The van der Waals surface area contributed by atoms with Crippen molar-refractivity contribution in [1.82, 2.24) is 5.32 Å². The molecule has 0 unspecified atom stereocenters. The van der Waals surface area contributed by atoms with Gasteiger partial charge in [0.1, 0.15) is 6.04 Å². The summed E-state index contributed by atoms with van der Waals surface area (Å²) in [6.07, 6.45) is 0. The van der Waals surface area contributed by atoms with Gasteiger partial charge in [-0.1, -0.05) is 0 Å². The molecule has 4 nitrogen and oxygen atoms in total. The first-order valence-electron chi connectivity index (χ1n) is 2.63. The van der Waals surface area contributed by atoms with Gasteiger partial charge in [0, 0.05) is 0 Å². The highest BCUT2D eigenvalue weighted by atomic mass is 16.4. The molecule has 0 spiro atoms. The molecule has 4 N–H and O–H groups in total. The zero-order valence-electron chi connectivity index (χ0n) is 6.01. The van der Waals surface area contributed by atoms with Crippen molar-refractivity contribution >= 4 is 5.97 Å². The molecule has 4 heteroatoms. The maximum Gasteiger partial charge on any atom is 0.320 e. The van der Waals surface area contributed by atoms with E-state index in [0.717, 1.165) is 0 Å². The Balaban J connectivity index is 0. The minimum absolute atomic E-state index is 0.731. The summed E-state index contributed by atoms with van der Waals surface area (Å²) in [5.74, 6) is -0.963. The van der Waals surface area contributed by atoms with Crippen LogP contribution in [0, 0.1) is 0 Å². The van der Waals surface area contributed by atoms with Crippen LogP contribution >= 0.6 is 0 Å². The Morgan fingerprint density at radius 3 is 1.78 bits per heavy atom. The summed E-state index contributed by atoms with van der Waals surface area (Å²) in [6, 6.07) is -0.731. The van der Waals surface area contributed by atoms with E-state index in [2.05, 4.69) is 5.32 Å². The summed E-state index contributed by atoms with van der Waals surface area (Å²) in [5.41, 5.74) is 4.84. The van der Waals surface area contributed by atoms with Crippen LogP contribution in [-0.4, -0.2) is 31.2 Å². The second-order valence-corrected chi connectivity index (χ2v) is 1.63. The van der Waals surface area contributed by atoms with Crippen LogP contribution in [0.5, 0.6) is 0 Å². The van der Waals surface area contributed by atoms with Crippen molar-refractivity contribution in [1.29, 1.82) is 0 Å². The molecule has 1 atom stereocenters. The van der Waals surface area contributed by atoms with Crippen molar-refractivity contribution < 1.29 is 9.90 Å². The van der Waals surface area contributed by atoms with E-state index in [1.807, 2.05) is 14.1 Å². The van der Waals surface area contributed by atoms with E-state index < -0.39 is 12.0 Å². The standard InChI is InChI=1S/C3H7NO2.C2H7N/c1-2(4)3(5)6;1-3-2/h2H,4H2,1H3,(H,5,6);3H,1-2H3/t2-;/m0./s1. The predicted octanol–water partition coefficient (Wildman–Crippen LogP) is -0.746. The zero-order chi connectivity index (χ0) is 7.86. The SMILES string of the molecule is CNC.C[C@H](N)C(=O)O. The summed E-state index contributed by atoms with van der Waals surface area (Å²) >= 11 is 0. The molecular formula is C5H14N2O2. The number of hydrogen-bond donors (Lipinski definition) is 3. The summed E-state index contributed by atoms with van der Waals surface area (Å²) < 4.78 is 0. The minimum Gasteiger partial charge on any atom is -0.480 e. The van der Waals surface area contributed by atoms with Gasteiger partial charge in [-0.3, -0.25) is 4.79 Å². The molecule has 9 heavy (non-hydrogen) atoms. The van der Waals surface area contributed by atoms with Gasteiger partial charge < -0.3 is 16.2 Å². The number of aliphatic carboxylic acids is 1. The number of carbonyl (C=O) groups is 1. The largest absolute Gasteiger partial charge is 0.480 e. The summed E-state index contributed by atoms with van der Waals surface area (Å²) in [4.78, 5) is 9.57. The number of rotatable bonds is 1. The Hall–Kier alpha value is -0.610. The van der Waals surface area contributed by atoms with Gasteiger partial charge in [0.2, 0.25) is 0 Å². The van der Waals surface area contributed by atoms with E-state index >= 15 is 0 Å². The Bertz CT molecular complexity index is 73.4. The fourth-order valence-corrected chi connectivity index (χ4v) is 0. The average molecular weight is 134 g/mol. The molecule has 0 fully saturated rings. The molecule has 0 aromatic heterocycles. The molecule has 0 aliphatic heterocycles. The minimum atomic E-state index is -0.963. The highest BCUT2D eigenvalue weighted by Crippen LogP contribution is 1.68. The molecule has 0 amide bonds. The maximum atomic E-state index is 9.57. The monoisotopic (exact) mass is 134 g/mol. The topological polar surface area (TPSA) is 75.3 Å². The Kier molecular flexibility index (Phi) is 9.21. The highest BCUT2D eigenvalue weighted by molar-refractivity contribution is 5.72. The van der Waals surface area contributed by atoms with E-state index in [1.165, 1.54) is 6.92 Å². The first-order chi connectivity index (χ1) is 4.06. The molecule has 56 valence electrons. The van der Waals surface area contributed by atoms with Gasteiger partial charge in [0.25, 0.3) is 0 Å². The molecular weight excluding hydrogens is 120 g/mol. The highest BCUT2D eigenvalue weighted by Gasteiger charge is 1.99. The van der Waals surface area contributed by atoms with E-state index in [-0.39, 0.29) is 0 Å². The van der Waals surface area contributed by atoms with Crippen LogP contribution in [0.3, 0.4) is 0 Å². The van der Waals surface area contributed by atoms with Crippen LogP contribution in [0.15, 0.2) is 0 Å². The van der Waals surface area contributed by atoms with E-state index in [4.69, 9.17) is 10.8 Å². The van der Waals surface area contributed by atoms with Crippen LogP contribution in [0.25, 0.3) is 0 Å². The third kappa shape index (κ3) is 18.7. The maximum absolute atomic E-state index is 9.57. The quantitative estimate of drug-likeness (QED) is 0.441. The third-order valence-corrected chi connectivity index (χ3v) is 0.390. The molecule has 0 aliphatic rings. The normalized spacial score (nSPS) is 11.1. The van der Waals surface area contributed by atoms with Crippen molar-refractivity contribution in [2.75, 3.05) is 14.1 Å². The van der Waals surface area contributed by atoms with Gasteiger partial charge in [-0.05, 0) is 21.0 Å². The number of carboxylic acid groups (broad SMARTS) is 1. The van der Waals surface area contributed by atoms with Crippen LogP contribution in [0.4, 0.5) is 0 Å². The fourth-order valence-electron chi connectivity index (χ4n) is 0. The average Bonchev–Trinajstić information content (AvgIpc) is 1.68. The van der Waals surface area contributed by atoms with Gasteiger partial charge in [-0.25, -0.2) is 0 Å². The lowest BCUT2D eigenvalue weighted by atomic mass is 10.4. The summed E-state index contributed by atoms with van der Waals surface area (Å²) in [7, 11) is 3.75. The van der Waals surface area contributed by atoms with Crippen LogP contribution < -0.4 is 11.1 Å². The van der Waals surface area contributed by atoms with Crippen LogP contribution in [0.2, 0.25) is 0 Å². The second-order valence-electron chi connectivity index (χ2n) is 1.63. The van der Waals surface area contributed by atoms with Gasteiger partial charge in [0.15, 0.2) is 0 Å².